The Bertz CT molecular complexity index is 1210. The van der Waals surface area contributed by atoms with Crippen LogP contribution in [0, 0.1) is 5.82 Å². The molecular formula is C23H21FN2O3S. The number of fused-ring (bicyclic) bond motifs is 3. The van der Waals surface area contributed by atoms with E-state index in [2.05, 4.69) is 5.32 Å². The van der Waals surface area contributed by atoms with Crippen LogP contribution >= 0.6 is 0 Å². The Labute approximate surface area is 175 Å². The first-order chi connectivity index (χ1) is 14.4. The molecule has 3 aromatic rings. The van der Waals surface area contributed by atoms with Crippen LogP contribution in [-0.4, -0.2) is 20.9 Å². The summed E-state index contributed by atoms with van der Waals surface area (Å²) in [6.07, 6.45) is 0.820. The number of halogens is 1. The molecule has 0 spiro atoms. The second kappa shape index (κ2) is 7.91. The monoisotopic (exact) mass is 424 g/mol. The number of sulfonamides is 1. The van der Waals surface area contributed by atoms with Gasteiger partial charge in [-0.3, -0.25) is 9.10 Å². The Hall–Kier alpha value is -3.19. The summed E-state index contributed by atoms with van der Waals surface area (Å²) >= 11 is 0. The summed E-state index contributed by atoms with van der Waals surface area (Å²) in [4.78, 5) is 12.8. The van der Waals surface area contributed by atoms with Crippen molar-refractivity contribution in [3.05, 3.63) is 83.7 Å². The number of nitrogens with zero attached hydrogens (tertiary/aromatic N) is 1. The lowest BCUT2D eigenvalue weighted by Gasteiger charge is -2.32. The number of anilines is 1. The lowest BCUT2D eigenvalue weighted by Crippen LogP contribution is -2.42. The molecule has 0 saturated carbocycles. The minimum Gasteiger partial charge on any atom is -0.350 e. The van der Waals surface area contributed by atoms with E-state index in [0.717, 1.165) is 27.4 Å². The summed E-state index contributed by atoms with van der Waals surface area (Å²) in [6.45, 7) is 1.88. The van der Waals surface area contributed by atoms with E-state index < -0.39 is 15.9 Å². The van der Waals surface area contributed by atoms with Crippen molar-refractivity contribution in [2.24, 2.45) is 0 Å². The minimum absolute atomic E-state index is 0.186. The number of amides is 1. The molecule has 7 heteroatoms. The molecule has 1 N–H and O–H groups in total. The number of benzene rings is 3. The maximum absolute atomic E-state index is 13.3. The van der Waals surface area contributed by atoms with E-state index in [1.54, 1.807) is 36.4 Å². The molecule has 0 aliphatic carbocycles. The molecule has 5 nitrogen and oxygen atoms in total. The molecule has 3 aromatic carbocycles. The molecule has 1 aliphatic rings. The third-order valence-corrected chi connectivity index (χ3v) is 6.99. The van der Waals surface area contributed by atoms with Gasteiger partial charge in [-0.1, -0.05) is 43.3 Å². The van der Waals surface area contributed by atoms with Gasteiger partial charge in [0.2, 0.25) is 5.91 Å². The molecule has 4 rings (SSSR count). The van der Waals surface area contributed by atoms with E-state index in [0.29, 0.717) is 11.3 Å². The average molecular weight is 424 g/mol. The number of hydrogen-bond donors (Lipinski definition) is 1. The maximum atomic E-state index is 13.3. The Morgan fingerprint density at radius 2 is 1.67 bits per heavy atom. The fourth-order valence-corrected chi connectivity index (χ4v) is 5.21. The van der Waals surface area contributed by atoms with Gasteiger partial charge in [0.25, 0.3) is 10.0 Å². The van der Waals surface area contributed by atoms with Crippen molar-refractivity contribution < 1.29 is 17.6 Å². The fraction of sp³-hybridized carbons (Fsp3) is 0.174. The van der Waals surface area contributed by atoms with Crippen LogP contribution in [0.3, 0.4) is 0 Å². The molecule has 1 aliphatic heterocycles. The Kier molecular flexibility index (Phi) is 5.30. The summed E-state index contributed by atoms with van der Waals surface area (Å²) in [5.74, 6) is -0.793. The predicted molar refractivity (Wildman–Crippen MR) is 114 cm³/mol. The van der Waals surface area contributed by atoms with Gasteiger partial charge in [-0.15, -0.1) is 0 Å². The van der Waals surface area contributed by atoms with Crippen LogP contribution in [0.4, 0.5) is 10.1 Å². The van der Waals surface area contributed by atoms with Gasteiger partial charge in [-0.2, -0.15) is 0 Å². The summed E-state index contributed by atoms with van der Waals surface area (Å²) in [5.41, 5.74) is 3.74. The molecule has 1 heterocycles. The van der Waals surface area contributed by atoms with Crippen molar-refractivity contribution in [2.75, 3.05) is 10.8 Å². The van der Waals surface area contributed by atoms with Crippen LogP contribution < -0.4 is 9.62 Å². The van der Waals surface area contributed by atoms with Crippen molar-refractivity contribution in [2.45, 2.75) is 24.8 Å². The van der Waals surface area contributed by atoms with Gasteiger partial charge in [0, 0.05) is 17.7 Å². The molecule has 0 unspecified atom stereocenters. The summed E-state index contributed by atoms with van der Waals surface area (Å²) < 4.78 is 40.7. The van der Waals surface area contributed by atoms with Crippen molar-refractivity contribution in [1.29, 1.82) is 0 Å². The zero-order chi connectivity index (χ0) is 21.3. The average Bonchev–Trinajstić information content (AvgIpc) is 2.76. The van der Waals surface area contributed by atoms with Gasteiger partial charge in [0.1, 0.15) is 12.4 Å². The number of carbonyl (C=O) groups is 1. The Balaban J connectivity index is 1.64. The third kappa shape index (κ3) is 3.68. The number of aryl methyl sites for hydroxylation is 1. The molecule has 0 aromatic heterocycles. The van der Waals surface area contributed by atoms with E-state index in [9.17, 15) is 17.6 Å². The zero-order valence-corrected chi connectivity index (χ0v) is 17.2. The smallest absolute Gasteiger partial charge is 0.265 e. The topological polar surface area (TPSA) is 66.5 Å². The van der Waals surface area contributed by atoms with Gasteiger partial charge < -0.3 is 5.32 Å². The van der Waals surface area contributed by atoms with Gasteiger partial charge in [-0.25, -0.2) is 12.8 Å². The summed E-state index contributed by atoms with van der Waals surface area (Å²) in [6, 6.07) is 18.2. The minimum atomic E-state index is -3.88. The van der Waals surface area contributed by atoms with Crippen molar-refractivity contribution >= 4 is 21.6 Å². The Morgan fingerprint density at radius 3 is 2.40 bits per heavy atom. The standard InChI is InChI=1S/C23H21FN2O3S/c1-2-16-9-12-21-20(13-16)19-5-3-4-6-22(19)30(28,29)26(21)15-23(27)25-14-17-7-10-18(24)11-8-17/h3-13H,2,14-15H2,1H3,(H,25,27). The summed E-state index contributed by atoms with van der Waals surface area (Å²) in [5, 5.41) is 2.71. The van der Waals surface area contributed by atoms with E-state index in [1.165, 1.54) is 12.1 Å². The lowest BCUT2D eigenvalue weighted by molar-refractivity contribution is -0.119. The highest BCUT2D eigenvalue weighted by atomic mass is 32.2. The molecular weight excluding hydrogens is 403 g/mol. The largest absolute Gasteiger partial charge is 0.350 e. The highest BCUT2D eigenvalue weighted by molar-refractivity contribution is 7.93. The second-order valence-corrected chi connectivity index (χ2v) is 8.95. The quantitative estimate of drug-likeness (QED) is 0.676. The van der Waals surface area contributed by atoms with Crippen molar-refractivity contribution in [3.63, 3.8) is 0 Å². The zero-order valence-electron chi connectivity index (χ0n) is 16.4. The van der Waals surface area contributed by atoms with Crippen LogP contribution in [0.25, 0.3) is 11.1 Å². The van der Waals surface area contributed by atoms with E-state index in [1.807, 2.05) is 25.1 Å². The second-order valence-electron chi connectivity index (χ2n) is 7.12. The molecule has 0 fully saturated rings. The molecule has 0 radical (unpaired) electrons. The maximum Gasteiger partial charge on any atom is 0.265 e. The molecule has 0 bridgehead atoms. The van der Waals surface area contributed by atoms with E-state index in [-0.39, 0.29) is 23.8 Å². The molecule has 1 amide bonds. The third-order valence-electron chi connectivity index (χ3n) is 5.17. The molecule has 0 saturated heterocycles. The molecule has 30 heavy (non-hydrogen) atoms. The fourth-order valence-electron chi connectivity index (χ4n) is 3.56. The molecule has 0 atom stereocenters. The first-order valence-corrected chi connectivity index (χ1v) is 11.1. The predicted octanol–water partition coefficient (Wildman–Crippen LogP) is 3.88. The SMILES string of the molecule is CCc1ccc2c(c1)-c1ccccc1S(=O)(=O)N2CC(=O)NCc1ccc(F)cc1. The van der Waals surface area contributed by atoms with Crippen molar-refractivity contribution in [1.82, 2.24) is 5.32 Å². The van der Waals surface area contributed by atoms with E-state index in [4.69, 9.17) is 0 Å². The number of nitrogens with one attached hydrogen (secondary N) is 1. The van der Waals surface area contributed by atoms with Crippen LogP contribution in [0.15, 0.2) is 71.6 Å². The van der Waals surface area contributed by atoms with Crippen molar-refractivity contribution in [3.8, 4) is 11.1 Å². The Morgan fingerprint density at radius 1 is 0.967 bits per heavy atom. The van der Waals surface area contributed by atoms with E-state index >= 15 is 0 Å². The first-order valence-electron chi connectivity index (χ1n) is 9.66. The normalized spacial score (nSPS) is 14.0. The van der Waals surface area contributed by atoms with Crippen LogP contribution in [0.1, 0.15) is 18.1 Å². The van der Waals surface area contributed by atoms with Gasteiger partial charge >= 0.3 is 0 Å². The van der Waals surface area contributed by atoms with Gasteiger partial charge in [-0.05, 0) is 47.9 Å². The number of rotatable bonds is 5. The first kappa shape index (κ1) is 20.1. The van der Waals surface area contributed by atoms with Crippen LogP contribution in [0.5, 0.6) is 0 Å². The van der Waals surface area contributed by atoms with Crippen LogP contribution in [-0.2, 0) is 27.8 Å². The number of hydrogen-bond acceptors (Lipinski definition) is 3. The van der Waals surface area contributed by atoms with Gasteiger partial charge in [0.15, 0.2) is 0 Å². The molecule has 154 valence electrons. The van der Waals surface area contributed by atoms with Gasteiger partial charge in [0.05, 0.1) is 10.6 Å². The lowest BCUT2D eigenvalue weighted by atomic mass is 9.99. The summed E-state index contributed by atoms with van der Waals surface area (Å²) in [7, 11) is -3.88. The number of carbonyl (C=O) groups excluding carboxylic acids is 1. The highest BCUT2D eigenvalue weighted by Gasteiger charge is 2.35. The highest BCUT2D eigenvalue weighted by Crippen LogP contribution is 2.43. The van der Waals surface area contributed by atoms with Crippen LogP contribution in [0.2, 0.25) is 0 Å².